The number of ether oxygens (including phenoxy) is 1. The summed E-state index contributed by atoms with van der Waals surface area (Å²) in [5.41, 5.74) is 4.55. The predicted octanol–water partition coefficient (Wildman–Crippen LogP) is 4.17. The van der Waals surface area contributed by atoms with E-state index in [1.54, 1.807) is 0 Å². The van der Waals surface area contributed by atoms with Gasteiger partial charge in [-0.25, -0.2) is 4.79 Å². The third kappa shape index (κ3) is 6.12. The van der Waals surface area contributed by atoms with E-state index in [0.29, 0.717) is 13.0 Å². The number of rotatable bonds is 10. The molecule has 0 saturated carbocycles. The van der Waals surface area contributed by atoms with Gasteiger partial charge >= 0.3 is 12.1 Å². The minimum Gasteiger partial charge on any atom is -0.481 e. The van der Waals surface area contributed by atoms with E-state index in [4.69, 9.17) is 9.84 Å². The highest BCUT2D eigenvalue weighted by molar-refractivity contribution is 5.86. The second-order valence-corrected chi connectivity index (χ2v) is 8.97. The molecule has 1 aliphatic rings. The Hall–Kier alpha value is -3.35. The first-order valence-corrected chi connectivity index (χ1v) is 11.4. The van der Waals surface area contributed by atoms with Crippen LogP contribution in [0.4, 0.5) is 4.79 Å². The van der Waals surface area contributed by atoms with Gasteiger partial charge in [-0.05, 0) is 40.5 Å². The van der Waals surface area contributed by atoms with Gasteiger partial charge in [0.1, 0.15) is 12.6 Å². The lowest BCUT2D eigenvalue weighted by molar-refractivity contribution is -0.138. The van der Waals surface area contributed by atoms with E-state index >= 15 is 0 Å². The van der Waals surface area contributed by atoms with Gasteiger partial charge in [0.15, 0.2) is 0 Å². The minimum atomic E-state index is -0.856. The number of hydrogen-bond acceptors (Lipinski definition) is 4. The Morgan fingerprint density at radius 2 is 1.55 bits per heavy atom. The van der Waals surface area contributed by atoms with E-state index in [1.165, 1.54) is 0 Å². The molecule has 3 rings (SSSR count). The fourth-order valence-corrected chi connectivity index (χ4v) is 4.25. The summed E-state index contributed by atoms with van der Waals surface area (Å²) in [6, 6.07) is 15.5. The average molecular weight is 453 g/mol. The van der Waals surface area contributed by atoms with Crippen molar-refractivity contribution in [2.45, 2.75) is 45.6 Å². The molecule has 2 atom stereocenters. The normalized spacial score (nSPS) is 14.2. The Morgan fingerprint density at radius 3 is 2.09 bits per heavy atom. The van der Waals surface area contributed by atoms with Crippen LogP contribution in [0.5, 0.6) is 0 Å². The zero-order valence-electron chi connectivity index (χ0n) is 19.3. The number of fused-ring (bicyclic) bond motifs is 3. The predicted molar refractivity (Wildman–Crippen MR) is 126 cm³/mol. The zero-order chi connectivity index (χ0) is 24.0. The topological polar surface area (TPSA) is 105 Å². The monoisotopic (exact) mass is 452 g/mol. The highest BCUT2D eigenvalue weighted by atomic mass is 16.5. The maximum Gasteiger partial charge on any atom is 0.407 e. The summed E-state index contributed by atoms with van der Waals surface area (Å²) in [4.78, 5) is 36.0. The molecule has 7 nitrogen and oxygen atoms in total. The van der Waals surface area contributed by atoms with Gasteiger partial charge in [0, 0.05) is 18.9 Å². The number of hydrogen-bond donors (Lipinski definition) is 3. The smallest absolute Gasteiger partial charge is 0.407 e. The van der Waals surface area contributed by atoms with E-state index < -0.39 is 18.1 Å². The van der Waals surface area contributed by atoms with Gasteiger partial charge in [0.05, 0.1) is 0 Å². The van der Waals surface area contributed by atoms with E-state index in [9.17, 15) is 14.4 Å². The van der Waals surface area contributed by atoms with Crippen molar-refractivity contribution in [1.82, 2.24) is 10.6 Å². The molecule has 0 spiro atoms. The van der Waals surface area contributed by atoms with Gasteiger partial charge in [-0.2, -0.15) is 0 Å². The van der Waals surface area contributed by atoms with Crippen molar-refractivity contribution in [1.29, 1.82) is 0 Å². The van der Waals surface area contributed by atoms with Crippen molar-refractivity contribution in [2.24, 2.45) is 11.8 Å². The molecule has 0 fully saturated rings. The molecule has 1 unspecified atom stereocenters. The summed E-state index contributed by atoms with van der Waals surface area (Å²) in [6.07, 6.45) is -0.0279. The summed E-state index contributed by atoms with van der Waals surface area (Å²) in [7, 11) is 0. The Bertz CT molecular complexity index is 958. The largest absolute Gasteiger partial charge is 0.481 e. The van der Waals surface area contributed by atoms with E-state index in [-0.39, 0.29) is 36.7 Å². The molecule has 0 radical (unpaired) electrons. The molecular formula is C26H32N2O5. The minimum absolute atomic E-state index is 0.0459. The number of aliphatic carboxylic acids is 1. The molecule has 2 aromatic carbocycles. The summed E-state index contributed by atoms with van der Waals surface area (Å²) in [5, 5.41) is 14.3. The van der Waals surface area contributed by atoms with Crippen molar-refractivity contribution in [3.8, 4) is 11.1 Å². The number of carboxylic acids is 1. The third-order valence-electron chi connectivity index (χ3n) is 6.03. The van der Waals surface area contributed by atoms with E-state index in [0.717, 1.165) is 22.3 Å². The molecule has 1 aliphatic carbocycles. The number of alkyl carbamates (subject to hydrolysis) is 1. The Labute approximate surface area is 194 Å². The fourth-order valence-electron chi connectivity index (χ4n) is 4.25. The highest BCUT2D eigenvalue weighted by Crippen LogP contribution is 2.44. The Kier molecular flexibility index (Phi) is 8.09. The number of amides is 2. The SMILES string of the molecule is CC(CCNC(=O)[C@H](NC(=O)OCC1c2ccccc2-c2ccccc21)C(C)C)CC(=O)O. The molecule has 3 N–H and O–H groups in total. The summed E-state index contributed by atoms with van der Waals surface area (Å²) >= 11 is 0. The lowest BCUT2D eigenvalue weighted by Gasteiger charge is -2.22. The number of carbonyl (C=O) groups is 3. The van der Waals surface area contributed by atoms with Crippen LogP contribution in [-0.4, -0.2) is 42.3 Å². The van der Waals surface area contributed by atoms with Crippen molar-refractivity contribution in [3.05, 3.63) is 59.7 Å². The molecule has 0 bridgehead atoms. The van der Waals surface area contributed by atoms with Gasteiger partial charge in [0.25, 0.3) is 0 Å². The van der Waals surface area contributed by atoms with Gasteiger partial charge in [-0.3, -0.25) is 9.59 Å². The fraction of sp³-hybridized carbons (Fsp3) is 0.423. The van der Waals surface area contributed by atoms with Gasteiger partial charge in [-0.15, -0.1) is 0 Å². The lowest BCUT2D eigenvalue weighted by Crippen LogP contribution is -2.50. The van der Waals surface area contributed by atoms with Crippen LogP contribution in [0.25, 0.3) is 11.1 Å². The average Bonchev–Trinajstić information content (AvgIpc) is 3.09. The first-order valence-electron chi connectivity index (χ1n) is 11.4. The first kappa shape index (κ1) is 24.3. The van der Waals surface area contributed by atoms with Crippen LogP contribution in [0.1, 0.15) is 50.7 Å². The quantitative estimate of drug-likeness (QED) is 0.502. The molecule has 2 amide bonds. The second-order valence-electron chi connectivity index (χ2n) is 8.97. The molecule has 0 saturated heterocycles. The Morgan fingerprint density at radius 1 is 0.970 bits per heavy atom. The van der Waals surface area contributed by atoms with E-state index in [2.05, 4.69) is 34.9 Å². The molecule has 176 valence electrons. The van der Waals surface area contributed by atoms with Crippen LogP contribution < -0.4 is 10.6 Å². The molecule has 0 aliphatic heterocycles. The van der Waals surface area contributed by atoms with Gasteiger partial charge in [-0.1, -0.05) is 69.3 Å². The van der Waals surface area contributed by atoms with Crippen LogP contribution in [0, 0.1) is 11.8 Å². The van der Waals surface area contributed by atoms with Gasteiger partial charge < -0.3 is 20.5 Å². The second kappa shape index (κ2) is 11.0. The molecule has 0 aromatic heterocycles. The summed E-state index contributed by atoms with van der Waals surface area (Å²) < 4.78 is 5.56. The van der Waals surface area contributed by atoms with Crippen molar-refractivity contribution in [3.63, 3.8) is 0 Å². The summed E-state index contributed by atoms with van der Waals surface area (Å²) in [5.74, 6) is -1.39. The van der Waals surface area contributed by atoms with Crippen LogP contribution in [0.3, 0.4) is 0 Å². The standard InChI is InChI=1S/C26H32N2O5/c1-16(2)24(25(31)27-13-12-17(3)14-23(29)30)28-26(32)33-15-22-20-10-6-4-8-18(20)19-9-5-7-11-21(19)22/h4-11,16-17,22,24H,12-15H2,1-3H3,(H,27,31)(H,28,32)(H,29,30)/t17?,24-/m1/s1. The lowest BCUT2D eigenvalue weighted by atomic mass is 9.98. The van der Waals surface area contributed by atoms with E-state index in [1.807, 2.05) is 45.0 Å². The summed E-state index contributed by atoms with van der Waals surface area (Å²) in [6.45, 7) is 6.05. The van der Waals surface area contributed by atoms with Crippen LogP contribution in [0.15, 0.2) is 48.5 Å². The van der Waals surface area contributed by atoms with Crippen molar-refractivity contribution < 1.29 is 24.2 Å². The zero-order valence-corrected chi connectivity index (χ0v) is 19.3. The Balaban J connectivity index is 1.55. The molecule has 7 heteroatoms. The number of carboxylic acid groups (broad SMARTS) is 1. The van der Waals surface area contributed by atoms with Crippen molar-refractivity contribution >= 4 is 18.0 Å². The molecular weight excluding hydrogens is 420 g/mol. The number of benzene rings is 2. The van der Waals surface area contributed by atoms with Crippen LogP contribution >= 0.6 is 0 Å². The van der Waals surface area contributed by atoms with Crippen LogP contribution in [-0.2, 0) is 14.3 Å². The number of nitrogens with one attached hydrogen (secondary N) is 2. The third-order valence-corrected chi connectivity index (χ3v) is 6.03. The first-order chi connectivity index (χ1) is 15.8. The molecule has 0 heterocycles. The maximum atomic E-state index is 12.6. The maximum absolute atomic E-state index is 12.6. The molecule has 33 heavy (non-hydrogen) atoms. The van der Waals surface area contributed by atoms with Gasteiger partial charge in [0.2, 0.25) is 5.91 Å². The van der Waals surface area contributed by atoms with Crippen LogP contribution in [0.2, 0.25) is 0 Å². The highest BCUT2D eigenvalue weighted by Gasteiger charge is 2.30. The molecule has 2 aromatic rings. The van der Waals surface area contributed by atoms with Crippen molar-refractivity contribution in [2.75, 3.05) is 13.2 Å². The number of carbonyl (C=O) groups excluding carboxylic acids is 2.